The number of rotatable bonds is 4. The van der Waals surface area contributed by atoms with Crippen LogP contribution in [-0.2, 0) is 4.79 Å². The molecule has 0 radical (unpaired) electrons. The van der Waals surface area contributed by atoms with Crippen molar-refractivity contribution in [1.29, 1.82) is 0 Å². The first-order valence-corrected chi connectivity index (χ1v) is 5.88. The van der Waals surface area contributed by atoms with Gasteiger partial charge in [-0.3, -0.25) is 4.79 Å². The van der Waals surface area contributed by atoms with E-state index in [1.807, 2.05) is 20.8 Å². The van der Waals surface area contributed by atoms with E-state index in [-0.39, 0.29) is 18.4 Å². The highest BCUT2D eigenvalue weighted by atomic mass is 16.4. The van der Waals surface area contributed by atoms with Crippen LogP contribution in [0.4, 0.5) is 0 Å². The molecule has 0 aliphatic carbocycles. The van der Waals surface area contributed by atoms with Crippen molar-refractivity contribution in [3.63, 3.8) is 0 Å². The van der Waals surface area contributed by atoms with E-state index in [9.17, 15) is 4.79 Å². The maximum Gasteiger partial charge on any atom is 0.303 e. The molecule has 2 unspecified atom stereocenters. The van der Waals surface area contributed by atoms with Gasteiger partial charge in [0.15, 0.2) is 0 Å². The Bertz CT molecular complexity index is 426. The average molecular weight is 235 g/mol. The number of carbonyl (C=O) groups is 1. The van der Waals surface area contributed by atoms with Crippen molar-refractivity contribution >= 4 is 5.97 Å². The highest BCUT2D eigenvalue weighted by Gasteiger charge is 2.19. The van der Waals surface area contributed by atoms with Gasteiger partial charge in [-0.2, -0.15) is 0 Å². The number of aliphatic carboxylic acids is 1. The second-order valence-corrected chi connectivity index (χ2v) is 4.89. The highest BCUT2D eigenvalue weighted by Crippen LogP contribution is 2.27. The first-order chi connectivity index (χ1) is 7.82. The molecule has 0 fully saturated rings. The summed E-state index contributed by atoms with van der Waals surface area (Å²) in [6.45, 7) is 8.02. The van der Waals surface area contributed by atoms with Gasteiger partial charge in [0, 0.05) is 12.5 Å². The van der Waals surface area contributed by atoms with Crippen LogP contribution in [0.2, 0.25) is 0 Å². The number of carboxylic acid groups (broad SMARTS) is 1. The summed E-state index contributed by atoms with van der Waals surface area (Å²) in [7, 11) is 0. The lowest BCUT2D eigenvalue weighted by atomic mass is 9.88. The van der Waals surface area contributed by atoms with Crippen LogP contribution < -0.4 is 5.73 Å². The number of carboxylic acids is 1. The Morgan fingerprint density at radius 1 is 1.24 bits per heavy atom. The van der Waals surface area contributed by atoms with Crippen LogP contribution >= 0.6 is 0 Å². The maximum absolute atomic E-state index is 10.7. The van der Waals surface area contributed by atoms with Gasteiger partial charge in [-0.1, -0.05) is 19.1 Å². The second-order valence-electron chi connectivity index (χ2n) is 4.89. The van der Waals surface area contributed by atoms with Crippen molar-refractivity contribution in [3.8, 4) is 0 Å². The van der Waals surface area contributed by atoms with Gasteiger partial charge in [0.25, 0.3) is 0 Å². The van der Waals surface area contributed by atoms with Gasteiger partial charge in [-0.25, -0.2) is 0 Å². The fraction of sp³-hybridized carbons (Fsp3) is 0.500. The Morgan fingerprint density at radius 3 is 2.29 bits per heavy atom. The van der Waals surface area contributed by atoms with E-state index in [4.69, 9.17) is 10.8 Å². The first kappa shape index (κ1) is 13.7. The molecular weight excluding hydrogens is 214 g/mol. The van der Waals surface area contributed by atoms with Crippen LogP contribution in [-0.4, -0.2) is 11.1 Å². The summed E-state index contributed by atoms with van der Waals surface area (Å²) in [5.41, 5.74) is 10.8. The third kappa shape index (κ3) is 3.30. The Hall–Kier alpha value is -1.35. The normalized spacial score (nSPS) is 14.4. The van der Waals surface area contributed by atoms with Crippen molar-refractivity contribution in [3.05, 3.63) is 34.4 Å². The van der Waals surface area contributed by atoms with E-state index in [1.165, 1.54) is 11.1 Å². The number of benzene rings is 1. The smallest absolute Gasteiger partial charge is 0.303 e. The number of nitrogens with two attached hydrogens (primary N) is 1. The largest absolute Gasteiger partial charge is 0.481 e. The SMILES string of the molecule is Cc1cc(C)c(C(N)C(C)CC(=O)O)cc1C. The topological polar surface area (TPSA) is 63.3 Å². The molecule has 1 aromatic rings. The maximum atomic E-state index is 10.7. The first-order valence-electron chi connectivity index (χ1n) is 5.88. The van der Waals surface area contributed by atoms with E-state index in [2.05, 4.69) is 19.1 Å². The summed E-state index contributed by atoms with van der Waals surface area (Å²) in [5, 5.41) is 8.79. The molecule has 0 spiro atoms. The minimum Gasteiger partial charge on any atom is -0.481 e. The Morgan fingerprint density at radius 2 is 1.76 bits per heavy atom. The number of aryl methyl sites for hydroxylation is 3. The Labute approximate surface area is 103 Å². The van der Waals surface area contributed by atoms with Crippen LogP contribution in [0.3, 0.4) is 0 Å². The molecule has 1 aromatic carbocycles. The molecule has 17 heavy (non-hydrogen) atoms. The zero-order valence-corrected chi connectivity index (χ0v) is 10.9. The third-order valence-electron chi connectivity index (χ3n) is 3.35. The summed E-state index contributed by atoms with van der Waals surface area (Å²) >= 11 is 0. The zero-order chi connectivity index (χ0) is 13.2. The molecule has 0 aliphatic heterocycles. The van der Waals surface area contributed by atoms with Gasteiger partial charge < -0.3 is 10.8 Å². The molecular formula is C14H21NO2. The Balaban J connectivity index is 2.99. The van der Waals surface area contributed by atoms with Gasteiger partial charge in [-0.05, 0) is 48.9 Å². The summed E-state index contributed by atoms with van der Waals surface area (Å²) in [6, 6.07) is 3.97. The molecule has 0 aromatic heterocycles. The Kier molecular flexibility index (Phi) is 4.29. The molecule has 3 heteroatoms. The predicted molar refractivity (Wildman–Crippen MR) is 69.0 cm³/mol. The average Bonchev–Trinajstić information content (AvgIpc) is 2.21. The lowest BCUT2D eigenvalue weighted by molar-refractivity contribution is -0.138. The standard InChI is InChI=1S/C14H21NO2/c1-8-5-10(3)12(6-9(8)2)14(15)11(4)7-13(16)17/h5-6,11,14H,7,15H2,1-4H3,(H,16,17). The number of hydrogen-bond donors (Lipinski definition) is 2. The molecule has 0 saturated carbocycles. The van der Waals surface area contributed by atoms with Crippen molar-refractivity contribution in [2.24, 2.45) is 11.7 Å². The number of hydrogen-bond acceptors (Lipinski definition) is 2. The van der Waals surface area contributed by atoms with Crippen molar-refractivity contribution in [1.82, 2.24) is 0 Å². The molecule has 3 N–H and O–H groups in total. The second kappa shape index (κ2) is 5.32. The van der Waals surface area contributed by atoms with Crippen LogP contribution in [0.25, 0.3) is 0 Å². The molecule has 1 rings (SSSR count). The lowest BCUT2D eigenvalue weighted by Crippen LogP contribution is -2.22. The fourth-order valence-electron chi connectivity index (χ4n) is 2.05. The molecule has 0 heterocycles. The minimum atomic E-state index is -0.797. The molecule has 2 atom stereocenters. The summed E-state index contributed by atoms with van der Waals surface area (Å²) in [5.74, 6) is -0.859. The molecule has 94 valence electrons. The zero-order valence-electron chi connectivity index (χ0n) is 10.9. The summed E-state index contributed by atoms with van der Waals surface area (Å²) in [4.78, 5) is 10.7. The van der Waals surface area contributed by atoms with Gasteiger partial charge in [0.2, 0.25) is 0 Å². The van der Waals surface area contributed by atoms with Crippen LogP contribution in [0.1, 0.15) is 41.6 Å². The van der Waals surface area contributed by atoms with Crippen molar-refractivity contribution < 1.29 is 9.90 Å². The molecule has 0 saturated heterocycles. The van der Waals surface area contributed by atoms with Gasteiger partial charge in [0.05, 0.1) is 0 Å². The minimum absolute atomic E-state index is 0.0618. The quantitative estimate of drug-likeness (QED) is 0.843. The van der Waals surface area contributed by atoms with Crippen LogP contribution in [0.5, 0.6) is 0 Å². The van der Waals surface area contributed by atoms with Gasteiger partial charge >= 0.3 is 5.97 Å². The van der Waals surface area contributed by atoms with Crippen molar-refractivity contribution in [2.45, 2.75) is 40.2 Å². The van der Waals surface area contributed by atoms with E-state index in [0.717, 1.165) is 11.1 Å². The van der Waals surface area contributed by atoms with Crippen molar-refractivity contribution in [2.75, 3.05) is 0 Å². The van der Waals surface area contributed by atoms with Crippen LogP contribution in [0, 0.1) is 26.7 Å². The third-order valence-corrected chi connectivity index (χ3v) is 3.35. The van der Waals surface area contributed by atoms with E-state index in [0.29, 0.717) is 0 Å². The molecule has 3 nitrogen and oxygen atoms in total. The van der Waals surface area contributed by atoms with Crippen LogP contribution in [0.15, 0.2) is 12.1 Å². The van der Waals surface area contributed by atoms with E-state index < -0.39 is 5.97 Å². The fourth-order valence-corrected chi connectivity index (χ4v) is 2.05. The van der Waals surface area contributed by atoms with E-state index >= 15 is 0 Å². The summed E-state index contributed by atoms with van der Waals surface area (Å²) in [6.07, 6.45) is 0.105. The van der Waals surface area contributed by atoms with Gasteiger partial charge in [0.1, 0.15) is 0 Å². The lowest BCUT2D eigenvalue weighted by Gasteiger charge is -2.21. The van der Waals surface area contributed by atoms with Gasteiger partial charge in [-0.15, -0.1) is 0 Å². The molecule has 0 amide bonds. The highest BCUT2D eigenvalue weighted by molar-refractivity contribution is 5.67. The predicted octanol–water partition coefficient (Wildman–Crippen LogP) is 2.72. The summed E-state index contributed by atoms with van der Waals surface area (Å²) < 4.78 is 0. The molecule has 0 bridgehead atoms. The molecule has 0 aliphatic rings. The monoisotopic (exact) mass is 235 g/mol. The van der Waals surface area contributed by atoms with E-state index in [1.54, 1.807) is 0 Å².